The van der Waals surface area contributed by atoms with Gasteiger partial charge in [0, 0.05) is 43.5 Å². The van der Waals surface area contributed by atoms with E-state index in [1.807, 2.05) is 6.92 Å². The van der Waals surface area contributed by atoms with E-state index in [0.717, 1.165) is 50.8 Å². The number of carbonyl (C=O) groups excluding carboxylic acids is 2. The fraction of sp³-hybridized carbons (Fsp3) is 0.741. The first-order chi connectivity index (χ1) is 17.0. The zero-order valence-electron chi connectivity index (χ0n) is 21.5. The molecule has 0 aromatic carbocycles. The van der Waals surface area contributed by atoms with Crippen LogP contribution in [0.15, 0.2) is 12.3 Å². The van der Waals surface area contributed by atoms with Crippen molar-refractivity contribution in [3.63, 3.8) is 0 Å². The Kier molecular flexibility index (Phi) is 7.98. The van der Waals surface area contributed by atoms with Gasteiger partial charge in [0.15, 0.2) is 0 Å². The zero-order valence-corrected chi connectivity index (χ0v) is 21.5. The van der Waals surface area contributed by atoms with Gasteiger partial charge in [0.05, 0.1) is 23.5 Å². The summed E-state index contributed by atoms with van der Waals surface area (Å²) in [4.78, 5) is 31.9. The normalized spacial score (nSPS) is 28.8. The number of rotatable bonds is 6. The van der Waals surface area contributed by atoms with Crippen LogP contribution in [0.25, 0.3) is 0 Å². The Hall–Kier alpha value is -2.16. The van der Waals surface area contributed by atoms with Crippen molar-refractivity contribution < 1.29 is 27.5 Å². The van der Waals surface area contributed by atoms with Gasteiger partial charge in [-0.05, 0) is 63.0 Å². The largest absolute Gasteiger partial charge is 0.466 e. The average molecular weight is 510 g/mol. The smallest absolute Gasteiger partial charge is 0.417 e. The number of hydrogen-bond acceptors (Lipinski definition) is 5. The lowest BCUT2D eigenvalue weighted by molar-refractivity contribution is -0.149. The third-order valence-corrected chi connectivity index (χ3v) is 8.50. The van der Waals surface area contributed by atoms with Gasteiger partial charge in [-0.1, -0.05) is 20.3 Å². The second kappa shape index (κ2) is 10.7. The number of nitrogens with zero attached hydrogens (tertiary/aromatic N) is 2. The summed E-state index contributed by atoms with van der Waals surface area (Å²) < 4.78 is 44.9. The number of pyridine rings is 1. The maximum Gasteiger partial charge on any atom is 0.417 e. The number of aromatic nitrogens is 1. The molecule has 200 valence electrons. The third-order valence-electron chi connectivity index (χ3n) is 8.50. The summed E-state index contributed by atoms with van der Waals surface area (Å²) in [5.74, 6) is -0.0391. The standard InChI is InChI=1S/C27H38F3N3O3/c1-4-36-24(34)18-6-5-7-21(13-18)32-22-8-10-26(14-22,17(2)3)25(35)33-11-9-23-19(16-33)12-20(15-31-23)27(28,29)30/h12,15,17-18,21-22,32H,4-11,13-14,16H2,1-3H3/t18?,21?,22?,26-/m0/s1. The quantitative estimate of drug-likeness (QED) is 0.553. The highest BCUT2D eigenvalue weighted by atomic mass is 19.4. The van der Waals surface area contributed by atoms with Gasteiger partial charge in [-0.2, -0.15) is 13.2 Å². The Morgan fingerprint density at radius 3 is 2.72 bits per heavy atom. The van der Waals surface area contributed by atoms with Crippen molar-refractivity contribution in [2.24, 2.45) is 17.3 Å². The van der Waals surface area contributed by atoms with E-state index in [9.17, 15) is 22.8 Å². The van der Waals surface area contributed by atoms with Crippen LogP contribution in [0.5, 0.6) is 0 Å². The summed E-state index contributed by atoms with van der Waals surface area (Å²) in [5, 5.41) is 3.74. The van der Waals surface area contributed by atoms with Gasteiger partial charge in [0.1, 0.15) is 0 Å². The topological polar surface area (TPSA) is 71.5 Å². The van der Waals surface area contributed by atoms with Crippen molar-refractivity contribution in [2.45, 2.75) is 96.9 Å². The molecule has 6 nitrogen and oxygen atoms in total. The number of esters is 1. The molecule has 0 radical (unpaired) electrons. The van der Waals surface area contributed by atoms with Crippen LogP contribution < -0.4 is 5.32 Å². The van der Waals surface area contributed by atoms with Crippen molar-refractivity contribution >= 4 is 11.9 Å². The first-order valence-corrected chi connectivity index (χ1v) is 13.3. The molecule has 1 aromatic heterocycles. The summed E-state index contributed by atoms with van der Waals surface area (Å²) in [7, 11) is 0. The van der Waals surface area contributed by atoms with Gasteiger partial charge >= 0.3 is 12.1 Å². The highest BCUT2D eigenvalue weighted by molar-refractivity contribution is 5.83. The molecule has 0 spiro atoms. The molecule has 9 heteroatoms. The highest BCUT2D eigenvalue weighted by Gasteiger charge is 2.50. The van der Waals surface area contributed by atoms with E-state index in [0.29, 0.717) is 37.3 Å². The predicted molar refractivity (Wildman–Crippen MR) is 129 cm³/mol. The Labute approximate surface area is 211 Å². The maximum absolute atomic E-state index is 13.9. The van der Waals surface area contributed by atoms with E-state index in [1.165, 1.54) is 0 Å². The molecule has 3 unspecified atom stereocenters. The lowest BCUT2D eigenvalue weighted by atomic mass is 9.73. The van der Waals surface area contributed by atoms with E-state index in [1.54, 1.807) is 4.90 Å². The second-order valence-corrected chi connectivity index (χ2v) is 11.0. The fourth-order valence-electron chi connectivity index (χ4n) is 6.40. The molecule has 1 amide bonds. The Balaban J connectivity index is 1.43. The van der Waals surface area contributed by atoms with Crippen LogP contribution in [0.1, 0.15) is 82.5 Å². The molecule has 0 bridgehead atoms. The molecule has 4 rings (SSSR count). The van der Waals surface area contributed by atoms with E-state index in [4.69, 9.17) is 4.74 Å². The van der Waals surface area contributed by atoms with Crippen LogP contribution >= 0.6 is 0 Å². The number of fused-ring (bicyclic) bond motifs is 1. The number of nitrogens with one attached hydrogen (secondary N) is 1. The van der Waals surface area contributed by atoms with Crippen LogP contribution in [0.3, 0.4) is 0 Å². The van der Waals surface area contributed by atoms with Crippen molar-refractivity contribution in [2.75, 3.05) is 13.2 Å². The molecule has 2 fully saturated rings. The molecule has 3 aliphatic rings. The molecule has 1 N–H and O–H groups in total. The summed E-state index contributed by atoms with van der Waals surface area (Å²) >= 11 is 0. The number of amides is 1. The minimum absolute atomic E-state index is 0.0397. The Morgan fingerprint density at radius 1 is 1.25 bits per heavy atom. The lowest BCUT2D eigenvalue weighted by Crippen LogP contribution is -2.49. The second-order valence-electron chi connectivity index (χ2n) is 11.0. The molecule has 0 saturated heterocycles. The van der Waals surface area contributed by atoms with Gasteiger partial charge < -0.3 is 15.0 Å². The van der Waals surface area contributed by atoms with E-state index >= 15 is 0 Å². The van der Waals surface area contributed by atoms with Gasteiger partial charge in [-0.15, -0.1) is 0 Å². The van der Waals surface area contributed by atoms with Crippen LogP contribution in [-0.2, 0) is 33.5 Å². The Bertz CT molecular complexity index is 967. The number of halogens is 3. The molecule has 4 atom stereocenters. The minimum atomic E-state index is -4.46. The molecular formula is C27H38F3N3O3. The summed E-state index contributed by atoms with van der Waals surface area (Å²) in [6.45, 7) is 6.99. The van der Waals surface area contributed by atoms with Crippen LogP contribution in [0.2, 0.25) is 0 Å². The third kappa shape index (κ3) is 5.55. The molecule has 2 aliphatic carbocycles. The molecule has 2 heterocycles. The van der Waals surface area contributed by atoms with Crippen LogP contribution in [-0.4, -0.2) is 47.0 Å². The highest BCUT2D eigenvalue weighted by Crippen LogP contribution is 2.47. The monoisotopic (exact) mass is 509 g/mol. The lowest BCUT2D eigenvalue weighted by Gasteiger charge is -2.40. The van der Waals surface area contributed by atoms with Crippen LogP contribution in [0, 0.1) is 17.3 Å². The van der Waals surface area contributed by atoms with Gasteiger partial charge in [0.2, 0.25) is 5.91 Å². The van der Waals surface area contributed by atoms with Crippen molar-refractivity contribution in [1.29, 1.82) is 0 Å². The van der Waals surface area contributed by atoms with Crippen molar-refractivity contribution in [3.8, 4) is 0 Å². The van der Waals surface area contributed by atoms with Gasteiger partial charge in [-0.3, -0.25) is 14.6 Å². The molecule has 2 saturated carbocycles. The van der Waals surface area contributed by atoms with E-state index in [-0.39, 0.29) is 42.3 Å². The minimum Gasteiger partial charge on any atom is -0.466 e. The van der Waals surface area contributed by atoms with Gasteiger partial charge in [-0.25, -0.2) is 0 Å². The fourth-order valence-corrected chi connectivity index (χ4v) is 6.40. The van der Waals surface area contributed by atoms with E-state index in [2.05, 4.69) is 24.1 Å². The number of alkyl halides is 3. The first-order valence-electron chi connectivity index (χ1n) is 13.3. The molecule has 36 heavy (non-hydrogen) atoms. The maximum atomic E-state index is 13.9. The summed E-state index contributed by atoms with van der Waals surface area (Å²) in [6.07, 6.45) is 2.82. The first kappa shape index (κ1) is 26.9. The Morgan fingerprint density at radius 2 is 2.03 bits per heavy atom. The van der Waals surface area contributed by atoms with E-state index < -0.39 is 17.2 Å². The van der Waals surface area contributed by atoms with Crippen molar-refractivity contribution in [1.82, 2.24) is 15.2 Å². The predicted octanol–water partition coefficient (Wildman–Crippen LogP) is 4.89. The SMILES string of the molecule is CCOC(=O)C1CCCC(NC2CC[C@@](C(=O)N3CCc4ncc(C(F)(F)F)cc4C3)(C(C)C)C2)C1. The zero-order chi connectivity index (χ0) is 26.1. The molecular weight excluding hydrogens is 471 g/mol. The van der Waals surface area contributed by atoms with Crippen molar-refractivity contribution in [3.05, 3.63) is 29.1 Å². The summed E-state index contributed by atoms with van der Waals surface area (Å²) in [5.41, 5.74) is -0.180. The van der Waals surface area contributed by atoms with Crippen LogP contribution in [0.4, 0.5) is 13.2 Å². The average Bonchev–Trinajstić information content (AvgIpc) is 3.27. The number of hydrogen-bond donors (Lipinski definition) is 1. The summed E-state index contributed by atoms with van der Waals surface area (Å²) in [6, 6.07) is 1.55. The number of ether oxygens (including phenoxy) is 1. The molecule has 1 aromatic rings. The number of carbonyl (C=O) groups is 2. The molecule has 1 aliphatic heterocycles. The van der Waals surface area contributed by atoms with Gasteiger partial charge in [0.25, 0.3) is 0 Å².